The summed E-state index contributed by atoms with van der Waals surface area (Å²) in [5, 5.41) is 4.40. The minimum atomic E-state index is -0.697. The lowest BCUT2D eigenvalue weighted by Gasteiger charge is -2.37. The van der Waals surface area contributed by atoms with Crippen LogP contribution in [0.15, 0.2) is 5.16 Å². The van der Waals surface area contributed by atoms with Gasteiger partial charge in [-0.3, -0.25) is 4.79 Å². The highest BCUT2D eigenvalue weighted by Gasteiger charge is 2.73. The summed E-state index contributed by atoms with van der Waals surface area (Å²) in [6.07, 6.45) is 5.11. The first-order valence-corrected chi connectivity index (χ1v) is 9.75. The molecular formula is C21H31NO3. The minimum absolute atomic E-state index is 0.0286. The molecule has 4 fully saturated rings. The summed E-state index contributed by atoms with van der Waals surface area (Å²) in [5.74, 6) is 0.553. The van der Waals surface area contributed by atoms with Gasteiger partial charge in [0, 0.05) is 17.3 Å². The van der Waals surface area contributed by atoms with Crippen molar-refractivity contribution in [3.63, 3.8) is 0 Å². The molecule has 0 heterocycles. The Kier molecular flexibility index (Phi) is 3.14. The predicted octanol–water partition coefficient (Wildman–Crippen LogP) is 4.52. The maximum absolute atomic E-state index is 13.1. The number of ketones is 1. The van der Waals surface area contributed by atoms with E-state index in [1.807, 2.05) is 6.92 Å². The molecule has 0 aliphatic heterocycles. The van der Waals surface area contributed by atoms with E-state index < -0.39 is 10.8 Å². The van der Waals surface area contributed by atoms with E-state index in [2.05, 4.69) is 39.8 Å². The molecule has 4 nitrogen and oxygen atoms in total. The second kappa shape index (κ2) is 4.55. The van der Waals surface area contributed by atoms with Crippen molar-refractivity contribution >= 4 is 17.5 Å². The smallest absolute Gasteiger partial charge is 0.318 e. The van der Waals surface area contributed by atoms with E-state index in [-0.39, 0.29) is 28.0 Å². The second-order valence-electron chi connectivity index (χ2n) is 10.5. The number of carbonyl (C=O) groups excluding carboxylic acids is 2. The summed E-state index contributed by atoms with van der Waals surface area (Å²) >= 11 is 0. The van der Waals surface area contributed by atoms with Crippen LogP contribution in [0.3, 0.4) is 0 Å². The van der Waals surface area contributed by atoms with Crippen LogP contribution in [0.25, 0.3) is 0 Å². The van der Waals surface area contributed by atoms with E-state index in [1.54, 1.807) is 0 Å². The number of hydrogen-bond donors (Lipinski definition) is 0. The molecule has 0 amide bonds. The predicted molar refractivity (Wildman–Crippen MR) is 95.9 cm³/mol. The first kappa shape index (κ1) is 17.2. The van der Waals surface area contributed by atoms with Crippen LogP contribution in [0.4, 0.5) is 0 Å². The minimum Gasteiger partial charge on any atom is -0.318 e. The zero-order chi connectivity index (χ0) is 18.5. The average molecular weight is 345 g/mol. The third-order valence-electron chi connectivity index (χ3n) is 9.85. The van der Waals surface area contributed by atoms with Crippen molar-refractivity contribution in [2.75, 3.05) is 0 Å². The summed E-state index contributed by atoms with van der Waals surface area (Å²) in [4.78, 5) is 31.2. The number of nitrogens with zero attached hydrogens (tertiary/aromatic N) is 1. The molecule has 0 N–H and O–H groups in total. The van der Waals surface area contributed by atoms with Crippen molar-refractivity contribution in [3.8, 4) is 0 Å². The molecule has 0 unspecified atom stereocenters. The van der Waals surface area contributed by atoms with Crippen molar-refractivity contribution in [2.24, 2.45) is 38.1 Å². The van der Waals surface area contributed by atoms with Crippen LogP contribution < -0.4 is 0 Å². The highest BCUT2D eigenvalue weighted by atomic mass is 16.7. The average Bonchev–Trinajstić information content (AvgIpc) is 3.02. The van der Waals surface area contributed by atoms with Gasteiger partial charge in [0.15, 0.2) is 0 Å². The molecule has 4 atom stereocenters. The van der Waals surface area contributed by atoms with Crippen LogP contribution in [0, 0.1) is 33.0 Å². The molecule has 0 spiro atoms. The fourth-order valence-electron chi connectivity index (χ4n) is 6.56. The van der Waals surface area contributed by atoms with Crippen LogP contribution in [0.5, 0.6) is 0 Å². The van der Waals surface area contributed by atoms with E-state index in [9.17, 15) is 9.59 Å². The Labute approximate surface area is 150 Å². The molecule has 0 aromatic heterocycles. The van der Waals surface area contributed by atoms with Gasteiger partial charge in [0.25, 0.3) is 0 Å². The fraction of sp³-hybridized carbons (Fsp3) is 0.857. The Balaban J connectivity index is 1.60. The molecule has 0 radical (unpaired) electrons. The van der Waals surface area contributed by atoms with Crippen molar-refractivity contribution in [3.05, 3.63) is 0 Å². The lowest BCUT2D eigenvalue weighted by atomic mass is 9.65. The standard InChI is InChI=1S/C21H31NO3/c1-17(2)13-7-8-19(17,5)14(11-13)22-25-16(24)21-10-9-20(6,15(23)12-21)18(21,3)4/h13H,7-12H2,1-6H3/b22-14+/t13-,19+,20-,21+/m1/s1. The number of carbonyl (C=O) groups is 2. The normalized spacial score (nSPS) is 47.7. The molecule has 0 aromatic rings. The largest absolute Gasteiger partial charge is 0.342 e. The van der Waals surface area contributed by atoms with Gasteiger partial charge in [0.05, 0.1) is 11.1 Å². The lowest BCUT2D eigenvalue weighted by molar-refractivity contribution is -0.162. The van der Waals surface area contributed by atoms with E-state index in [0.29, 0.717) is 12.3 Å². The van der Waals surface area contributed by atoms with E-state index in [1.165, 1.54) is 6.42 Å². The number of oxime groups is 1. The van der Waals surface area contributed by atoms with Gasteiger partial charge in [-0.25, -0.2) is 4.79 Å². The van der Waals surface area contributed by atoms with Gasteiger partial charge in [0.1, 0.15) is 5.78 Å². The van der Waals surface area contributed by atoms with Gasteiger partial charge >= 0.3 is 5.97 Å². The van der Waals surface area contributed by atoms with Crippen molar-refractivity contribution < 1.29 is 14.4 Å². The number of fused-ring (bicyclic) bond motifs is 4. The molecule has 25 heavy (non-hydrogen) atoms. The van der Waals surface area contributed by atoms with Gasteiger partial charge in [-0.2, -0.15) is 0 Å². The highest BCUT2D eigenvalue weighted by molar-refractivity contribution is 5.98. The van der Waals surface area contributed by atoms with Gasteiger partial charge < -0.3 is 4.84 Å². The van der Waals surface area contributed by atoms with Crippen molar-refractivity contribution in [2.45, 2.75) is 80.1 Å². The van der Waals surface area contributed by atoms with Gasteiger partial charge in [-0.1, -0.05) is 46.7 Å². The lowest BCUT2D eigenvalue weighted by Crippen LogP contribution is -2.41. The third-order valence-corrected chi connectivity index (χ3v) is 9.85. The number of hydrogen-bond acceptors (Lipinski definition) is 4. The SMILES string of the molecule is CC1(C)[C@@H]2CC[C@@]1(C)/C(=N/OC(=O)[C@]13CC[C@](C)(C(=O)C1)C3(C)C)C2. The van der Waals surface area contributed by atoms with Crippen molar-refractivity contribution in [1.29, 1.82) is 0 Å². The maximum Gasteiger partial charge on any atom is 0.342 e. The Morgan fingerprint density at radius 1 is 1.04 bits per heavy atom. The van der Waals surface area contributed by atoms with Gasteiger partial charge in [-0.15, -0.1) is 0 Å². The van der Waals surface area contributed by atoms with Gasteiger partial charge in [0.2, 0.25) is 0 Å². The Morgan fingerprint density at radius 2 is 1.72 bits per heavy atom. The molecule has 4 aliphatic rings. The Morgan fingerprint density at radius 3 is 2.16 bits per heavy atom. The van der Waals surface area contributed by atoms with Crippen LogP contribution in [0.1, 0.15) is 80.1 Å². The third kappa shape index (κ3) is 1.67. The maximum atomic E-state index is 13.1. The second-order valence-corrected chi connectivity index (χ2v) is 10.5. The first-order valence-electron chi connectivity index (χ1n) is 9.75. The molecule has 4 saturated carbocycles. The van der Waals surface area contributed by atoms with E-state index in [0.717, 1.165) is 31.4 Å². The highest BCUT2D eigenvalue weighted by Crippen LogP contribution is 2.71. The molecular weight excluding hydrogens is 314 g/mol. The van der Waals surface area contributed by atoms with Gasteiger partial charge in [-0.05, 0) is 48.9 Å². The summed E-state index contributed by atoms with van der Waals surface area (Å²) in [7, 11) is 0. The molecule has 4 bridgehead atoms. The van der Waals surface area contributed by atoms with Crippen LogP contribution in [-0.2, 0) is 14.4 Å². The summed E-state index contributed by atoms with van der Waals surface area (Å²) in [6, 6.07) is 0. The zero-order valence-corrected chi connectivity index (χ0v) is 16.5. The van der Waals surface area contributed by atoms with E-state index in [4.69, 9.17) is 4.84 Å². The molecule has 0 aromatic carbocycles. The Hall–Kier alpha value is -1.19. The van der Waals surface area contributed by atoms with E-state index >= 15 is 0 Å². The summed E-state index contributed by atoms with van der Waals surface area (Å²) < 4.78 is 0. The van der Waals surface area contributed by atoms with Crippen LogP contribution in [-0.4, -0.2) is 17.5 Å². The number of Topliss-reactive ketones (excluding diaryl/α,β-unsaturated/α-hetero) is 1. The first-order chi connectivity index (χ1) is 11.4. The quantitative estimate of drug-likeness (QED) is 0.546. The molecule has 4 aliphatic carbocycles. The van der Waals surface area contributed by atoms with Crippen LogP contribution in [0.2, 0.25) is 0 Å². The Bertz CT molecular complexity index is 706. The number of rotatable bonds is 2. The topological polar surface area (TPSA) is 55.7 Å². The fourth-order valence-corrected chi connectivity index (χ4v) is 6.56. The summed E-state index contributed by atoms with van der Waals surface area (Å²) in [6.45, 7) is 13.0. The molecule has 138 valence electrons. The molecule has 4 rings (SSSR count). The van der Waals surface area contributed by atoms with Crippen molar-refractivity contribution in [1.82, 2.24) is 0 Å². The monoisotopic (exact) mass is 345 g/mol. The molecule has 4 heteroatoms. The summed E-state index contributed by atoms with van der Waals surface area (Å²) in [5.41, 5.74) is -0.185. The molecule has 0 saturated heterocycles. The zero-order valence-electron chi connectivity index (χ0n) is 16.5. The van der Waals surface area contributed by atoms with Crippen LogP contribution >= 0.6 is 0 Å².